The Hall–Kier alpha value is -2.49. The average Bonchev–Trinajstić information content (AvgIpc) is 2.59. The average molecular weight is 328 g/mol. The van der Waals surface area contributed by atoms with Gasteiger partial charge in [0.25, 0.3) is 0 Å². The van der Waals surface area contributed by atoms with Gasteiger partial charge in [-0.15, -0.1) is 0 Å². The molecule has 0 heterocycles. The minimum atomic E-state index is -0.870. The molecule has 0 amide bonds. The van der Waals surface area contributed by atoms with Gasteiger partial charge in [0, 0.05) is 5.56 Å². The van der Waals surface area contributed by atoms with Crippen LogP contribution in [0.3, 0.4) is 0 Å². The first-order valence-corrected chi connectivity index (χ1v) is 8.03. The van der Waals surface area contributed by atoms with Crippen LogP contribution in [0.25, 0.3) is 0 Å². The van der Waals surface area contributed by atoms with Gasteiger partial charge in [-0.2, -0.15) is 0 Å². The Morgan fingerprint density at radius 3 is 2.33 bits per heavy atom. The van der Waals surface area contributed by atoms with E-state index in [-0.39, 0.29) is 0 Å². The van der Waals surface area contributed by atoms with Crippen LogP contribution >= 0.6 is 0 Å². The van der Waals surface area contributed by atoms with Gasteiger partial charge in [0.2, 0.25) is 0 Å². The molecule has 1 N–H and O–H groups in total. The first-order valence-electron chi connectivity index (χ1n) is 8.03. The van der Waals surface area contributed by atoms with Crippen LogP contribution in [0.2, 0.25) is 0 Å². The van der Waals surface area contributed by atoms with Gasteiger partial charge >= 0.3 is 5.97 Å². The molecule has 0 aliphatic heterocycles. The molecule has 0 radical (unpaired) electrons. The van der Waals surface area contributed by atoms with Crippen LogP contribution in [0.15, 0.2) is 36.4 Å². The van der Waals surface area contributed by atoms with Crippen molar-refractivity contribution in [1.82, 2.24) is 0 Å². The van der Waals surface area contributed by atoms with Crippen molar-refractivity contribution in [3.8, 4) is 11.5 Å². The molecule has 0 fully saturated rings. The van der Waals surface area contributed by atoms with E-state index in [4.69, 9.17) is 9.47 Å². The summed E-state index contributed by atoms with van der Waals surface area (Å²) >= 11 is 0. The fraction of sp³-hybridized carbons (Fsp3) is 0.350. The summed E-state index contributed by atoms with van der Waals surface area (Å²) in [5.41, 5.74) is 3.75. The zero-order chi connectivity index (χ0) is 17.7. The molecule has 128 valence electrons. The van der Waals surface area contributed by atoms with Crippen LogP contribution in [0.4, 0.5) is 0 Å². The van der Waals surface area contributed by atoms with Gasteiger partial charge in [0.1, 0.15) is 11.5 Å². The zero-order valence-electron chi connectivity index (χ0n) is 14.6. The first-order chi connectivity index (χ1) is 11.5. The Morgan fingerprint density at radius 1 is 1.08 bits per heavy atom. The van der Waals surface area contributed by atoms with Crippen LogP contribution in [0.1, 0.15) is 35.1 Å². The van der Waals surface area contributed by atoms with E-state index in [2.05, 4.69) is 0 Å². The predicted octanol–water partition coefficient (Wildman–Crippen LogP) is 3.99. The molecule has 0 spiro atoms. The maximum absolute atomic E-state index is 12.0. The van der Waals surface area contributed by atoms with Crippen LogP contribution in [0.5, 0.6) is 11.5 Å². The molecule has 0 saturated heterocycles. The molecule has 1 atom stereocenters. The summed E-state index contributed by atoms with van der Waals surface area (Å²) in [7, 11) is 3.17. The molecule has 24 heavy (non-hydrogen) atoms. The second-order valence-corrected chi connectivity index (χ2v) is 5.84. The number of aliphatic carboxylic acids is 1. The van der Waals surface area contributed by atoms with Crippen molar-refractivity contribution in [1.29, 1.82) is 0 Å². The Morgan fingerprint density at radius 2 is 1.75 bits per heavy atom. The second kappa shape index (κ2) is 7.86. The van der Waals surface area contributed by atoms with Gasteiger partial charge < -0.3 is 14.6 Å². The van der Waals surface area contributed by atoms with Gasteiger partial charge in [-0.25, -0.2) is 0 Å². The minimum Gasteiger partial charge on any atom is -0.496 e. The van der Waals surface area contributed by atoms with Crippen LogP contribution in [-0.2, 0) is 17.6 Å². The molecule has 0 saturated carbocycles. The topological polar surface area (TPSA) is 55.8 Å². The number of ether oxygens (including phenoxy) is 2. The number of hydrogen-bond acceptors (Lipinski definition) is 3. The third kappa shape index (κ3) is 3.88. The molecular weight excluding hydrogens is 304 g/mol. The maximum atomic E-state index is 12.0. The lowest BCUT2D eigenvalue weighted by molar-refractivity contribution is -0.138. The molecule has 2 aromatic rings. The fourth-order valence-corrected chi connectivity index (χ4v) is 2.89. The van der Waals surface area contributed by atoms with Crippen LogP contribution in [0, 0.1) is 6.92 Å². The van der Waals surface area contributed by atoms with Crippen LogP contribution < -0.4 is 9.47 Å². The number of carboxylic acid groups (broad SMARTS) is 1. The summed E-state index contributed by atoms with van der Waals surface area (Å²) in [6.07, 6.45) is 1.20. The molecule has 0 aromatic heterocycles. The Kier molecular flexibility index (Phi) is 5.85. The van der Waals surface area contributed by atoms with Crippen molar-refractivity contribution < 1.29 is 19.4 Å². The molecule has 2 rings (SSSR count). The first kappa shape index (κ1) is 17.9. The number of carboxylic acids is 1. The summed E-state index contributed by atoms with van der Waals surface area (Å²) < 4.78 is 10.8. The Bertz CT molecular complexity index is 722. The van der Waals surface area contributed by atoms with E-state index in [0.29, 0.717) is 23.5 Å². The monoisotopic (exact) mass is 328 g/mol. The highest BCUT2D eigenvalue weighted by Gasteiger charge is 2.25. The van der Waals surface area contributed by atoms with Crippen molar-refractivity contribution in [3.63, 3.8) is 0 Å². The fourth-order valence-electron chi connectivity index (χ4n) is 2.89. The van der Waals surface area contributed by atoms with Gasteiger partial charge in [0.05, 0.1) is 20.1 Å². The number of hydrogen-bond donors (Lipinski definition) is 1. The highest BCUT2D eigenvalue weighted by molar-refractivity contribution is 5.78. The molecular formula is C20H24O4. The lowest BCUT2D eigenvalue weighted by Crippen LogP contribution is -2.16. The highest BCUT2D eigenvalue weighted by Crippen LogP contribution is 2.33. The van der Waals surface area contributed by atoms with Crippen LogP contribution in [-0.4, -0.2) is 25.3 Å². The van der Waals surface area contributed by atoms with E-state index < -0.39 is 11.9 Å². The van der Waals surface area contributed by atoms with Gasteiger partial charge in [-0.1, -0.05) is 36.8 Å². The number of methoxy groups -OCH3 is 2. The summed E-state index contributed by atoms with van der Waals surface area (Å²) in [6.45, 7) is 4.03. The lowest BCUT2D eigenvalue weighted by atomic mass is 9.89. The third-order valence-corrected chi connectivity index (χ3v) is 4.24. The standard InChI is InChI=1S/C20H24O4/c1-5-14-7-9-19(24-4)16(11-14)17(20(21)22)12-15-10-13(2)6-8-18(15)23-3/h6-11,17H,5,12H2,1-4H3,(H,21,22). The quantitative estimate of drug-likeness (QED) is 0.835. The molecule has 0 aliphatic rings. The van der Waals surface area contributed by atoms with E-state index in [1.807, 2.05) is 50.2 Å². The van der Waals surface area contributed by atoms with E-state index in [1.54, 1.807) is 14.2 Å². The second-order valence-electron chi connectivity index (χ2n) is 5.84. The SMILES string of the molecule is CCc1ccc(OC)c(C(Cc2cc(C)ccc2OC)C(=O)O)c1. The van der Waals surface area contributed by atoms with Gasteiger partial charge in [-0.05, 0) is 43.0 Å². The van der Waals surface area contributed by atoms with E-state index >= 15 is 0 Å². The summed E-state index contributed by atoms with van der Waals surface area (Å²) in [5.74, 6) is -0.254. The molecule has 4 nitrogen and oxygen atoms in total. The predicted molar refractivity (Wildman–Crippen MR) is 94.2 cm³/mol. The minimum absolute atomic E-state index is 0.351. The maximum Gasteiger partial charge on any atom is 0.311 e. The number of aryl methyl sites for hydroxylation is 2. The third-order valence-electron chi connectivity index (χ3n) is 4.24. The van der Waals surface area contributed by atoms with Crippen molar-refractivity contribution in [3.05, 3.63) is 58.7 Å². The van der Waals surface area contributed by atoms with Crippen molar-refractivity contribution in [2.75, 3.05) is 14.2 Å². The lowest BCUT2D eigenvalue weighted by Gasteiger charge is -2.19. The smallest absolute Gasteiger partial charge is 0.311 e. The van der Waals surface area contributed by atoms with E-state index in [1.165, 1.54) is 0 Å². The number of rotatable bonds is 7. The normalized spacial score (nSPS) is 11.8. The summed E-state index contributed by atoms with van der Waals surface area (Å²) in [4.78, 5) is 12.0. The van der Waals surface area contributed by atoms with Crippen molar-refractivity contribution >= 4 is 5.97 Å². The van der Waals surface area contributed by atoms with E-state index in [0.717, 1.165) is 23.1 Å². The van der Waals surface area contributed by atoms with Gasteiger partial charge in [0.15, 0.2) is 0 Å². The summed E-state index contributed by atoms with van der Waals surface area (Å²) in [5, 5.41) is 9.81. The van der Waals surface area contributed by atoms with Crippen molar-refractivity contribution in [2.45, 2.75) is 32.6 Å². The summed E-state index contributed by atoms with van der Waals surface area (Å²) in [6, 6.07) is 11.6. The van der Waals surface area contributed by atoms with E-state index in [9.17, 15) is 9.90 Å². The largest absolute Gasteiger partial charge is 0.496 e. The highest BCUT2D eigenvalue weighted by atomic mass is 16.5. The molecule has 0 aliphatic carbocycles. The number of benzene rings is 2. The molecule has 4 heteroatoms. The number of carbonyl (C=O) groups is 1. The molecule has 2 aromatic carbocycles. The Labute approximate surface area is 143 Å². The van der Waals surface area contributed by atoms with Crippen molar-refractivity contribution in [2.24, 2.45) is 0 Å². The van der Waals surface area contributed by atoms with Gasteiger partial charge in [-0.3, -0.25) is 4.79 Å². The molecule has 0 bridgehead atoms. The molecule has 1 unspecified atom stereocenters. The zero-order valence-corrected chi connectivity index (χ0v) is 14.6. The Balaban J connectivity index is 2.48.